The molecule has 3 heteroatoms. The van der Waals surface area contributed by atoms with Crippen LogP contribution in [0.25, 0.3) is 0 Å². The Morgan fingerprint density at radius 1 is 0.885 bits per heavy atom. The summed E-state index contributed by atoms with van der Waals surface area (Å²) in [6.07, 6.45) is 0.840. The number of rotatable bonds is 5. The SMILES string of the molecule is CCC(C)C(=O)Nc1ccc(C#Cc2ccccc2)cc1.CCNCC. The lowest BCUT2D eigenvalue weighted by molar-refractivity contribution is -0.119. The van der Waals surface area contributed by atoms with E-state index in [2.05, 4.69) is 36.3 Å². The van der Waals surface area contributed by atoms with Crippen molar-refractivity contribution < 1.29 is 4.79 Å². The highest BCUT2D eigenvalue weighted by molar-refractivity contribution is 5.92. The Balaban J connectivity index is 0.000000597. The van der Waals surface area contributed by atoms with Crippen molar-refractivity contribution >= 4 is 11.6 Å². The van der Waals surface area contributed by atoms with Crippen molar-refractivity contribution in [3.05, 3.63) is 65.7 Å². The summed E-state index contributed by atoms with van der Waals surface area (Å²) in [6.45, 7) is 10.3. The highest BCUT2D eigenvalue weighted by Crippen LogP contribution is 2.11. The van der Waals surface area contributed by atoms with Crippen LogP contribution < -0.4 is 10.6 Å². The lowest BCUT2D eigenvalue weighted by Gasteiger charge is -2.09. The monoisotopic (exact) mass is 350 g/mol. The van der Waals surface area contributed by atoms with Crippen LogP contribution in [0.4, 0.5) is 5.69 Å². The van der Waals surface area contributed by atoms with E-state index in [0.29, 0.717) is 0 Å². The van der Waals surface area contributed by atoms with Gasteiger partial charge in [-0.05, 0) is 55.9 Å². The zero-order chi connectivity index (χ0) is 19.2. The van der Waals surface area contributed by atoms with Crippen LogP contribution in [0.1, 0.15) is 45.2 Å². The minimum absolute atomic E-state index is 0.0301. The lowest BCUT2D eigenvalue weighted by atomic mass is 10.1. The third kappa shape index (κ3) is 8.50. The highest BCUT2D eigenvalue weighted by Gasteiger charge is 2.09. The molecule has 1 atom stereocenters. The average molecular weight is 351 g/mol. The van der Waals surface area contributed by atoms with Crippen molar-refractivity contribution in [1.29, 1.82) is 0 Å². The van der Waals surface area contributed by atoms with Gasteiger partial charge in [-0.3, -0.25) is 4.79 Å². The molecule has 0 fully saturated rings. The number of anilines is 1. The van der Waals surface area contributed by atoms with Gasteiger partial charge in [0.05, 0.1) is 0 Å². The largest absolute Gasteiger partial charge is 0.326 e. The Labute approximate surface area is 158 Å². The molecule has 26 heavy (non-hydrogen) atoms. The summed E-state index contributed by atoms with van der Waals surface area (Å²) in [5.74, 6) is 6.31. The number of carbonyl (C=O) groups excluding carboxylic acids is 1. The Hall–Kier alpha value is -2.57. The molecule has 2 N–H and O–H groups in total. The summed E-state index contributed by atoms with van der Waals surface area (Å²) in [5, 5.41) is 6.02. The van der Waals surface area contributed by atoms with Gasteiger partial charge >= 0.3 is 0 Å². The van der Waals surface area contributed by atoms with E-state index in [1.165, 1.54) is 0 Å². The number of carbonyl (C=O) groups is 1. The molecule has 0 heterocycles. The van der Waals surface area contributed by atoms with Gasteiger partial charge in [-0.1, -0.05) is 57.7 Å². The van der Waals surface area contributed by atoms with E-state index in [1.54, 1.807) is 0 Å². The lowest BCUT2D eigenvalue weighted by Crippen LogP contribution is -2.19. The summed E-state index contributed by atoms with van der Waals surface area (Å²) >= 11 is 0. The van der Waals surface area contributed by atoms with Crippen molar-refractivity contribution in [2.24, 2.45) is 5.92 Å². The molecule has 3 nitrogen and oxygen atoms in total. The van der Waals surface area contributed by atoms with E-state index in [-0.39, 0.29) is 11.8 Å². The van der Waals surface area contributed by atoms with Crippen LogP contribution in [0.15, 0.2) is 54.6 Å². The second-order valence-corrected chi connectivity index (χ2v) is 5.95. The molecule has 0 aliphatic heterocycles. The smallest absolute Gasteiger partial charge is 0.227 e. The summed E-state index contributed by atoms with van der Waals surface area (Å²) < 4.78 is 0. The van der Waals surface area contributed by atoms with Crippen LogP contribution >= 0.6 is 0 Å². The predicted molar refractivity (Wildman–Crippen MR) is 111 cm³/mol. The molecule has 0 aliphatic carbocycles. The molecular formula is C23H30N2O. The normalized spacial score (nSPS) is 10.6. The van der Waals surface area contributed by atoms with Gasteiger partial charge in [-0.15, -0.1) is 0 Å². The third-order valence-electron chi connectivity index (χ3n) is 3.84. The van der Waals surface area contributed by atoms with Crippen LogP contribution in [0.2, 0.25) is 0 Å². The maximum absolute atomic E-state index is 11.8. The minimum Gasteiger partial charge on any atom is -0.326 e. The topological polar surface area (TPSA) is 41.1 Å². The van der Waals surface area contributed by atoms with Gasteiger partial charge in [0.25, 0.3) is 0 Å². The first-order chi connectivity index (χ1) is 12.6. The maximum atomic E-state index is 11.8. The molecule has 2 aromatic carbocycles. The Bertz CT molecular complexity index is 694. The number of nitrogens with one attached hydrogen (secondary N) is 2. The summed E-state index contributed by atoms with van der Waals surface area (Å²) in [5.41, 5.74) is 2.73. The van der Waals surface area contributed by atoms with Crippen LogP contribution in [-0.2, 0) is 4.79 Å². The van der Waals surface area contributed by atoms with E-state index in [4.69, 9.17) is 0 Å². The molecule has 0 aliphatic rings. The molecule has 0 spiro atoms. The number of amides is 1. The first-order valence-corrected chi connectivity index (χ1v) is 9.29. The van der Waals surface area contributed by atoms with Crippen molar-refractivity contribution in [1.82, 2.24) is 5.32 Å². The van der Waals surface area contributed by atoms with Gasteiger partial charge in [0.15, 0.2) is 0 Å². The fraction of sp³-hybridized carbons (Fsp3) is 0.348. The van der Waals surface area contributed by atoms with Crippen molar-refractivity contribution in [2.75, 3.05) is 18.4 Å². The van der Waals surface area contributed by atoms with Crippen molar-refractivity contribution in [3.8, 4) is 11.8 Å². The van der Waals surface area contributed by atoms with Crippen LogP contribution in [0.5, 0.6) is 0 Å². The molecule has 138 valence electrons. The molecule has 2 rings (SSSR count). The molecule has 0 saturated carbocycles. The average Bonchev–Trinajstić information content (AvgIpc) is 2.68. The van der Waals surface area contributed by atoms with Crippen LogP contribution in [0.3, 0.4) is 0 Å². The maximum Gasteiger partial charge on any atom is 0.227 e. The van der Waals surface area contributed by atoms with E-state index in [9.17, 15) is 4.79 Å². The fourth-order valence-corrected chi connectivity index (χ4v) is 2.00. The predicted octanol–water partition coefficient (Wildman–Crippen LogP) is 4.69. The van der Waals surface area contributed by atoms with Crippen LogP contribution in [-0.4, -0.2) is 19.0 Å². The second kappa shape index (κ2) is 12.7. The molecule has 1 amide bonds. The number of hydrogen-bond donors (Lipinski definition) is 2. The third-order valence-corrected chi connectivity index (χ3v) is 3.84. The van der Waals surface area contributed by atoms with Crippen LogP contribution in [0, 0.1) is 17.8 Å². The van der Waals surface area contributed by atoms with Crippen molar-refractivity contribution in [3.63, 3.8) is 0 Å². The fourth-order valence-electron chi connectivity index (χ4n) is 2.00. The minimum atomic E-state index is 0.0301. The summed E-state index contributed by atoms with van der Waals surface area (Å²) in [7, 11) is 0. The number of benzene rings is 2. The zero-order valence-corrected chi connectivity index (χ0v) is 16.3. The van der Waals surface area contributed by atoms with Gasteiger partial charge in [-0.25, -0.2) is 0 Å². The Morgan fingerprint density at radius 3 is 1.88 bits per heavy atom. The standard InChI is InChI=1S/C19H19NO.C4H11N/c1-3-15(2)19(21)20-18-13-11-17(12-14-18)10-9-16-7-5-4-6-8-16;1-3-5-4-2/h4-8,11-15H,3H2,1-2H3,(H,20,21);5H,3-4H2,1-2H3. The highest BCUT2D eigenvalue weighted by atomic mass is 16.1. The summed E-state index contributed by atoms with van der Waals surface area (Å²) in [4.78, 5) is 11.8. The molecule has 0 aromatic heterocycles. The van der Waals surface area contributed by atoms with E-state index < -0.39 is 0 Å². The van der Waals surface area contributed by atoms with Gasteiger partial charge in [0.2, 0.25) is 5.91 Å². The Kier molecular flexibility index (Phi) is 10.5. The van der Waals surface area contributed by atoms with Crippen molar-refractivity contribution in [2.45, 2.75) is 34.1 Å². The summed E-state index contributed by atoms with van der Waals surface area (Å²) in [6, 6.07) is 17.5. The zero-order valence-electron chi connectivity index (χ0n) is 16.3. The van der Waals surface area contributed by atoms with Gasteiger partial charge in [0.1, 0.15) is 0 Å². The second-order valence-electron chi connectivity index (χ2n) is 5.95. The molecule has 0 radical (unpaired) electrons. The Morgan fingerprint density at radius 2 is 1.42 bits per heavy atom. The van der Waals surface area contributed by atoms with E-state index in [0.717, 1.165) is 36.3 Å². The first-order valence-electron chi connectivity index (χ1n) is 9.29. The van der Waals surface area contributed by atoms with Gasteiger partial charge in [0, 0.05) is 22.7 Å². The van der Waals surface area contributed by atoms with E-state index in [1.807, 2.05) is 68.4 Å². The number of hydrogen-bond acceptors (Lipinski definition) is 2. The quantitative estimate of drug-likeness (QED) is 0.768. The molecule has 2 aromatic rings. The molecule has 0 saturated heterocycles. The van der Waals surface area contributed by atoms with Gasteiger partial charge in [-0.2, -0.15) is 0 Å². The molecule has 0 bridgehead atoms. The van der Waals surface area contributed by atoms with Gasteiger partial charge < -0.3 is 10.6 Å². The first kappa shape index (κ1) is 21.5. The molecule has 1 unspecified atom stereocenters. The molecular weight excluding hydrogens is 320 g/mol. The van der Waals surface area contributed by atoms with E-state index >= 15 is 0 Å².